The Labute approximate surface area is 146 Å². The first kappa shape index (κ1) is 17.1. The number of hydrogen-bond donors (Lipinski definition) is 1. The van der Waals surface area contributed by atoms with Crippen molar-refractivity contribution in [3.63, 3.8) is 0 Å². The first-order valence-corrected chi connectivity index (χ1v) is 8.41. The van der Waals surface area contributed by atoms with Gasteiger partial charge in [-0.3, -0.25) is 9.59 Å². The summed E-state index contributed by atoms with van der Waals surface area (Å²) in [4.78, 5) is 27.0. The highest BCUT2D eigenvalue weighted by Gasteiger charge is 2.34. The molecule has 4 nitrogen and oxygen atoms in total. The van der Waals surface area contributed by atoms with E-state index in [0.717, 1.165) is 23.2 Å². The maximum absolute atomic E-state index is 13.1. The Bertz CT molecular complexity index is 802. The Morgan fingerprint density at radius 1 is 1.12 bits per heavy atom. The Balaban J connectivity index is 1.76. The molecule has 0 bridgehead atoms. The minimum atomic E-state index is -0.502. The molecule has 1 heterocycles. The molecule has 5 heteroatoms. The van der Waals surface area contributed by atoms with Crippen LogP contribution in [0.1, 0.15) is 34.3 Å². The normalized spacial score (nSPS) is 16.8. The Hall–Kier alpha value is -2.69. The van der Waals surface area contributed by atoms with Crippen molar-refractivity contribution >= 4 is 17.5 Å². The Morgan fingerprint density at radius 3 is 2.56 bits per heavy atom. The second-order valence-electron chi connectivity index (χ2n) is 6.40. The van der Waals surface area contributed by atoms with Crippen LogP contribution in [0.2, 0.25) is 0 Å². The minimum Gasteiger partial charge on any atom is -0.327 e. The summed E-state index contributed by atoms with van der Waals surface area (Å²) < 4.78 is 13.1. The van der Waals surface area contributed by atoms with Gasteiger partial charge in [0.05, 0.1) is 0 Å². The van der Waals surface area contributed by atoms with E-state index < -0.39 is 6.04 Å². The van der Waals surface area contributed by atoms with Gasteiger partial charge in [0.25, 0.3) is 5.91 Å². The summed E-state index contributed by atoms with van der Waals surface area (Å²) in [6, 6.07) is 10.7. The second kappa shape index (κ2) is 7.05. The largest absolute Gasteiger partial charge is 0.327 e. The van der Waals surface area contributed by atoms with Crippen molar-refractivity contribution in [3.8, 4) is 0 Å². The smallest absolute Gasteiger partial charge is 0.254 e. The SMILES string of the molecule is Cc1cccc(NC(=O)C2CCCN2C(=O)c2ccc(F)cc2)c1C. The van der Waals surface area contributed by atoms with Crippen molar-refractivity contribution in [2.45, 2.75) is 32.7 Å². The van der Waals surface area contributed by atoms with Crippen molar-refractivity contribution in [1.29, 1.82) is 0 Å². The topological polar surface area (TPSA) is 49.4 Å². The maximum atomic E-state index is 13.1. The summed E-state index contributed by atoms with van der Waals surface area (Å²) >= 11 is 0. The van der Waals surface area contributed by atoms with E-state index in [1.165, 1.54) is 24.3 Å². The molecule has 1 aliphatic rings. The van der Waals surface area contributed by atoms with Crippen LogP contribution in [-0.4, -0.2) is 29.3 Å². The third-order valence-corrected chi connectivity index (χ3v) is 4.77. The van der Waals surface area contributed by atoms with Gasteiger partial charge in [-0.2, -0.15) is 0 Å². The predicted molar refractivity (Wildman–Crippen MR) is 95.0 cm³/mol. The number of halogens is 1. The number of carbonyl (C=O) groups excluding carboxylic acids is 2. The molecular weight excluding hydrogens is 319 g/mol. The number of amides is 2. The van der Waals surface area contributed by atoms with Crippen LogP contribution in [0, 0.1) is 19.7 Å². The highest BCUT2D eigenvalue weighted by molar-refractivity contribution is 6.01. The maximum Gasteiger partial charge on any atom is 0.254 e. The van der Waals surface area contributed by atoms with Gasteiger partial charge in [0.15, 0.2) is 0 Å². The van der Waals surface area contributed by atoms with Gasteiger partial charge in [0.2, 0.25) is 5.91 Å². The van der Waals surface area contributed by atoms with E-state index in [0.29, 0.717) is 18.5 Å². The van der Waals surface area contributed by atoms with Gasteiger partial charge in [0.1, 0.15) is 11.9 Å². The third-order valence-electron chi connectivity index (χ3n) is 4.77. The minimum absolute atomic E-state index is 0.179. The number of aryl methyl sites for hydroxylation is 1. The van der Waals surface area contributed by atoms with Gasteiger partial charge >= 0.3 is 0 Å². The highest BCUT2D eigenvalue weighted by Crippen LogP contribution is 2.24. The van der Waals surface area contributed by atoms with Crippen LogP contribution in [0.25, 0.3) is 0 Å². The van der Waals surface area contributed by atoms with E-state index in [9.17, 15) is 14.0 Å². The van der Waals surface area contributed by atoms with E-state index in [-0.39, 0.29) is 17.6 Å². The number of carbonyl (C=O) groups is 2. The molecule has 3 rings (SSSR count). The molecule has 0 saturated carbocycles. The second-order valence-corrected chi connectivity index (χ2v) is 6.40. The van der Waals surface area contributed by atoms with Crippen LogP contribution in [-0.2, 0) is 4.79 Å². The van der Waals surface area contributed by atoms with Gasteiger partial charge in [0, 0.05) is 17.8 Å². The van der Waals surface area contributed by atoms with Crippen molar-refractivity contribution in [3.05, 3.63) is 65.0 Å². The van der Waals surface area contributed by atoms with Crippen molar-refractivity contribution in [2.24, 2.45) is 0 Å². The van der Waals surface area contributed by atoms with Gasteiger partial charge in [-0.15, -0.1) is 0 Å². The monoisotopic (exact) mass is 340 g/mol. The fourth-order valence-electron chi connectivity index (χ4n) is 3.14. The van der Waals surface area contributed by atoms with Gasteiger partial charge in [-0.05, 0) is 68.1 Å². The number of likely N-dealkylation sites (tertiary alicyclic amines) is 1. The average molecular weight is 340 g/mol. The van der Waals surface area contributed by atoms with Crippen LogP contribution in [0.5, 0.6) is 0 Å². The average Bonchev–Trinajstić information content (AvgIpc) is 3.09. The fraction of sp³-hybridized carbons (Fsp3) is 0.300. The van der Waals surface area contributed by atoms with Crippen molar-refractivity contribution in [2.75, 3.05) is 11.9 Å². The molecule has 1 unspecified atom stereocenters. The fourth-order valence-corrected chi connectivity index (χ4v) is 3.14. The molecule has 2 aromatic carbocycles. The van der Waals surface area contributed by atoms with Crippen molar-refractivity contribution in [1.82, 2.24) is 4.90 Å². The molecular formula is C20H21FN2O2. The van der Waals surface area contributed by atoms with Crippen molar-refractivity contribution < 1.29 is 14.0 Å². The molecule has 0 spiro atoms. The molecule has 2 amide bonds. The lowest BCUT2D eigenvalue weighted by Gasteiger charge is -2.24. The molecule has 1 N–H and O–H groups in total. The van der Waals surface area contributed by atoms with Crippen LogP contribution in [0.4, 0.5) is 10.1 Å². The van der Waals surface area contributed by atoms with E-state index in [1.54, 1.807) is 4.90 Å². The predicted octanol–water partition coefficient (Wildman–Crippen LogP) is 3.69. The van der Waals surface area contributed by atoms with E-state index in [2.05, 4.69) is 5.32 Å². The molecule has 130 valence electrons. The molecule has 1 fully saturated rings. The molecule has 2 aromatic rings. The van der Waals surface area contributed by atoms with Crippen LogP contribution in [0.15, 0.2) is 42.5 Å². The number of nitrogens with zero attached hydrogens (tertiary/aromatic N) is 1. The molecule has 0 radical (unpaired) electrons. The zero-order valence-electron chi connectivity index (χ0n) is 14.4. The third kappa shape index (κ3) is 3.55. The molecule has 0 aliphatic carbocycles. The van der Waals surface area contributed by atoms with Gasteiger partial charge < -0.3 is 10.2 Å². The first-order valence-electron chi connectivity index (χ1n) is 8.41. The zero-order valence-corrected chi connectivity index (χ0v) is 14.4. The lowest BCUT2D eigenvalue weighted by atomic mass is 10.1. The van der Waals surface area contributed by atoms with Crippen LogP contribution >= 0.6 is 0 Å². The standard InChI is InChI=1S/C20H21FN2O2/c1-13-5-3-6-17(14(13)2)22-19(24)18-7-4-12-23(18)20(25)15-8-10-16(21)11-9-15/h3,5-6,8-11,18H,4,7,12H2,1-2H3,(H,22,24). The molecule has 25 heavy (non-hydrogen) atoms. The lowest BCUT2D eigenvalue weighted by molar-refractivity contribution is -0.119. The van der Waals surface area contributed by atoms with Crippen LogP contribution < -0.4 is 5.32 Å². The van der Waals surface area contributed by atoms with E-state index in [4.69, 9.17) is 0 Å². The van der Waals surface area contributed by atoms with Gasteiger partial charge in [-0.25, -0.2) is 4.39 Å². The quantitative estimate of drug-likeness (QED) is 0.926. The Kier molecular flexibility index (Phi) is 4.83. The number of nitrogens with one attached hydrogen (secondary N) is 1. The summed E-state index contributed by atoms with van der Waals surface area (Å²) in [6.45, 7) is 4.48. The van der Waals surface area contributed by atoms with Crippen LogP contribution in [0.3, 0.4) is 0 Å². The number of anilines is 1. The molecule has 1 atom stereocenters. The lowest BCUT2D eigenvalue weighted by Crippen LogP contribution is -2.43. The summed E-state index contributed by atoms with van der Waals surface area (Å²) in [5.41, 5.74) is 3.28. The Morgan fingerprint density at radius 2 is 1.84 bits per heavy atom. The number of benzene rings is 2. The summed E-state index contributed by atoms with van der Waals surface area (Å²) in [5.74, 6) is -0.803. The summed E-state index contributed by atoms with van der Waals surface area (Å²) in [7, 11) is 0. The summed E-state index contributed by atoms with van der Waals surface area (Å²) in [5, 5.41) is 2.95. The first-order chi connectivity index (χ1) is 12.0. The molecule has 1 saturated heterocycles. The number of hydrogen-bond acceptors (Lipinski definition) is 2. The van der Waals surface area contributed by atoms with E-state index >= 15 is 0 Å². The van der Waals surface area contributed by atoms with E-state index in [1.807, 2.05) is 32.0 Å². The molecule has 0 aromatic heterocycles. The highest BCUT2D eigenvalue weighted by atomic mass is 19.1. The summed E-state index contributed by atoms with van der Waals surface area (Å²) in [6.07, 6.45) is 1.40. The van der Waals surface area contributed by atoms with Gasteiger partial charge in [-0.1, -0.05) is 12.1 Å². The molecule has 1 aliphatic heterocycles. The number of rotatable bonds is 3. The zero-order chi connectivity index (χ0) is 18.0.